The zero-order chi connectivity index (χ0) is 15.4. The van der Waals surface area contributed by atoms with Gasteiger partial charge in [-0.1, -0.05) is 23.9 Å². The number of rotatable bonds is 5. The van der Waals surface area contributed by atoms with E-state index in [-0.39, 0.29) is 17.9 Å². The van der Waals surface area contributed by atoms with E-state index in [9.17, 15) is 14.9 Å². The van der Waals surface area contributed by atoms with Gasteiger partial charge in [-0.2, -0.15) is 0 Å². The number of aliphatic carboxylic acids is 1. The second kappa shape index (κ2) is 6.23. The third-order valence-corrected chi connectivity index (χ3v) is 3.52. The van der Waals surface area contributed by atoms with Gasteiger partial charge in [0.2, 0.25) is 5.82 Å². The number of nitrogen functional groups attached to an aromatic ring is 1. The molecule has 1 aromatic carbocycles. The molecular weight excluding hydrogens is 294 g/mol. The van der Waals surface area contributed by atoms with Gasteiger partial charge in [-0.15, -0.1) is 0 Å². The molecule has 8 heteroatoms. The molecule has 0 aliphatic rings. The summed E-state index contributed by atoms with van der Waals surface area (Å²) in [7, 11) is 0. The molecule has 0 bridgehead atoms. The molecule has 0 saturated carbocycles. The number of nitrogens with two attached hydrogens (primary N) is 1. The molecule has 0 aliphatic carbocycles. The lowest BCUT2D eigenvalue weighted by molar-refractivity contribution is -0.384. The van der Waals surface area contributed by atoms with Gasteiger partial charge in [-0.3, -0.25) is 14.9 Å². The normalized spacial score (nSPS) is 10.3. The fourth-order valence-electron chi connectivity index (χ4n) is 1.63. The molecule has 0 unspecified atom stereocenters. The van der Waals surface area contributed by atoms with Crippen LogP contribution in [0.2, 0.25) is 0 Å². The number of hydrogen-bond donors (Lipinski definition) is 2. The minimum Gasteiger partial charge on any atom is -0.481 e. The fraction of sp³-hybridized carbons (Fsp3) is 0.0769. The summed E-state index contributed by atoms with van der Waals surface area (Å²) in [4.78, 5) is 25.5. The maximum Gasteiger partial charge on any atom is 0.311 e. The monoisotopic (exact) mass is 305 g/mol. The van der Waals surface area contributed by atoms with E-state index in [1.165, 1.54) is 23.9 Å². The predicted octanol–water partition coefficient (Wildman–Crippen LogP) is 2.35. The number of hydrogen-bond acceptors (Lipinski definition) is 6. The number of carbonyl (C=O) groups is 1. The third-order valence-electron chi connectivity index (χ3n) is 2.57. The Labute approximate surface area is 124 Å². The molecule has 2 aromatic rings. The molecule has 0 spiro atoms. The first-order chi connectivity index (χ1) is 9.95. The van der Waals surface area contributed by atoms with E-state index < -0.39 is 10.9 Å². The van der Waals surface area contributed by atoms with Crippen molar-refractivity contribution < 1.29 is 14.8 Å². The summed E-state index contributed by atoms with van der Waals surface area (Å²) in [5, 5.41) is 19.9. The minimum atomic E-state index is -0.889. The molecule has 0 aliphatic heterocycles. The molecule has 3 N–H and O–H groups in total. The first-order valence-electron chi connectivity index (χ1n) is 5.85. The predicted molar refractivity (Wildman–Crippen MR) is 77.2 cm³/mol. The van der Waals surface area contributed by atoms with Crippen LogP contribution in [-0.2, 0) is 11.2 Å². The van der Waals surface area contributed by atoms with Crippen LogP contribution < -0.4 is 5.73 Å². The van der Waals surface area contributed by atoms with Crippen LogP contribution in [-0.4, -0.2) is 21.0 Å². The van der Waals surface area contributed by atoms with Crippen LogP contribution in [0.4, 0.5) is 11.5 Å². The molecule has 0 saturated heterocycles. The highest BCUT2D eigenvalue weighted by molar-refractivity contribution is 7.99. The van der Waals surface area contributed by atoms with Crippen molar-refractivity contribution in [3.63, 3.8) is 0 Å². The van der Waals surface area contributed by atoms with Crippen molar-refractivity contribution in [3.8, 4) is 0 Å². The second-order valence-corrected chi connectivity index (χ2v) is 5.22. The lowest BCUT2D eigenvalue weighted by atomic mass is 10.2. The number of nitrogens with zero attached hydrogens (tertiary/aromatic N) is 2. The molecule has 1 heterocycles. The summed E-state index contributed by atoms with van der Waals surface area (Å²) in [6.07, 6.45) is -0.0341. The van der Waals surface area contributed by atoms with Crippen molar-refractivity contribution in [2.75, 3.05) is 5.73 Å². The van der Waals surface area contributed by atoms with E-state index in [0.717, 1.165) is 4.90 Å². The van der Waals surface area contributed by atoms with Gasteiger partial charge in [0.1, 0.15) is 5.03 Å². The zero-order valence-corrected chi connectivity index (χ0v) is 11.5. The average Bonchev–Trinajstić information content (AvgIpc) is 2.40. The standard InChI is InChI=1S/C13H11N3O4S/c14-13-10(16(19)20)5-6-11(15-13)21-9-3-1-8(2-4-9)7-12(17)18/h1-6H,7H2,(H2,14,15)(H,17,18). The molecule has 0 amide bonds. The van der Waals surface area contributed by atoms with E-state index in [4.69, 9.17) is 10.8 Å². The molecule has 0 fully saturated rings. The summed E-state index contributed by atoms with van der Waals surface area (Å²) >= 11 is 1.29. The Kier molecular flexibility index (Phi) is 4.39. The number of anilines is 1. The average molecular weight is 305 g/mol. The molecule has 0 atom stereocenters. The van der Waals surface area contributed by atoms with Crippen molar-refractivity contribution in [1.29, 1.82) is 0 Å². The SMILES string of the molecule is Nc1nc(Sc2ccc(CC(=O)O)cc2)ccc1[N+](=O)[O-]. The van der Waals surface area contributed by atoms with Crippen molar-refractivity contribution in [2.24, 2.45) is 0 Å². The Morgan fingerprint density at radius 1 is 1.29 bits per heavy atom. The molecule has 1 aromatic heterocycles. The second-order valence-electron chi connectivity index (χ2n) is 4.13. The third kappa shape index (κ3) is 3.93. The molecule has 0 radical (unpaired) electrons. The van der Waals surface area contributed by atoms with Crippen LogP contribution in [0.5, 0.6) is 0 Å². The number of pyridine rings is 1. The molecular formula is C13H11N3O4S. The molecule has 2 rings (SSSR count). The van der Waals surface area contributed by atoms with Crippen LogP contribution in [0.1, 0.15) is 5.56 Å². The Hall–Kier alpha value is -2.61. The molecule has 7 nitrogen and oxygen atoms in total. The number of carboxylic acid groups (broad SMARTS) is 1. The van der Waals surface area contributed by atoms with Gasteiger partial charge in [0.15, 0.2) is 0 Å². The summed E-state index contributed by atoms with van der Waals surface area (Å²) in [5.74, 6) is -1.02. The van der Waals surface area contributed by atoms with Gasteiger partial charge in [-0.25, -0.2) is 4.98 Å². The zero-order valence-electron chi connectivity index (χ0n) is 10.7. The Bertz CT molecular complexity index is 688. The Balaban J connectivity index is 2.13. The highest BCUT2D eigenvalue weighted by atomic mass is 32.2. The van der Waals surface area contributed by atoms with Crippen molar-refractivity contribution >= 4 is 29.2 Å². The van der Waals surface area contributed by atoms with Crippen LogP contribution in [0.25, 0.3) is 0 Å². The first kappa shape index (κ1) is 14.8. The van der Waals surface area contributed by atoms with Crippen molar-refractivity contribution in [3.05, 3.63) is 52.1 Å². The van der Waals surface area contributed by atoms with Crippen LogP contribution in [0, 0.1) is 10.1 Å². The van der Waals surface area contributed by atoms with E-state index >= 15 is 0 Å². The van der Waals surface area contributed by atoms with Crippen LogP contribution >= 0.6 is 11.8 Å². The summed E-state index contributed by atoms with van der Waals surface area (Å²) in [5.41, 5.74) is 5.99. The smallest absolute Gasteiger partial charge is 0.311 e. The maximum atomic E-state index is 10.6. The Morgan fingerprint density at radius 2 is 1.95 bits per heavy atom. The van der Waals surface area contributed by atoms with Gasteiger partial charge >= 0.3 is 11.7 Å². The highest BCUT2D eigenvalue weighted by Crippen LogP contribution is 2.29. The summed E-state index contributed by atoms with van der Waals surface area (Å²) < 4.78 is 0. The topological polar surface area (TPSA) is 119 Å². The van der Waals surface area contributed by atoms with E-state index in [2.05, 4.69) is 4.98 Å². The lowest BCUT2D eigenvalue weighted by Gasteiger charge is -2.03. The quantitative estimate of drug-likeness (QED) is 0.642. The lowest BCUT2D eigenvalue weighted by Crippen LogP contribution is -1.99. The van der Waals surface area contributed by atoms with Gasteiger partial charge < -0.3 is 10.8 Å². The number of carboxylic acids is 1. The van der Waals surface area contributed by atoms with Crippen LogP contribution in [0.3, 0.4) is 0 Å². The molecule has 21 heavy (non-hydrogen) atoms. The number of benzene rings is 1. The fourth-order valence-corrected chi connectivity index (χ4v) is 2.42. The van der Waals surface area contributed by atoms with Gasteiger partial charge in [0.25, 0.3) is 0 Å². The van der Waals surface area contributed by atoms with Crippen molar-refractivity contribution in [2.45, 2.75) is 16.3 Å². The summed E-state index contributed by atoms with van der Waals surface area (Å²) in [6.45, 7) is 0. The van der Waals surface area contributed by atoms with Crippen LogP contribution in [0.15, 0.2) is 46.3 Å². The van der Waals surface area contributed by atoms with Gasteiger partial charge in [0.05, 0.1) is 11.3 Å². The number of aromatic nitrogens is 1. The highest BCUT2D eigenvalue weighted by Gasteiger charge is 2.13. The van der Waals surface area contributed by atoms with Gasteiger partial charge in [-0.05, 0) is 23.8 Å². The summed E-state index contributed by atoms with van der Waals surface area (Å²) in [6, 6.07) is 9.79. The minimum absolute atomic E-state index is 0.0341. The van der Waals surface area contributed by atoms with E-state index in [1.807, 2.05) is 0 Å². The largest absolute Gasteiger partial charge is 0.481 e. The van der Waals surface area contributed by atoms with Gasteiger partial charge in [0, 0.05) is 11.0 Å². The maximum absolute atomic E-state index is 10.6. The molecule has 108 valence electrons. The van der Waals surface area contributed by atoms with E-state index in [1.54, 1.807) is 24.3 Å². The van der Waals surface area contributed by atoms with E-state index in [0.29, 0.717) is 10.6 Å². The first-order valence-corrected chi connectivity index (χ1v) is 6.67. The Morgan fingerprint density at radius 3 is 2.48 bits per heavy atom. The number of nitro groups is 1. The van der Waals surface area contributed by atoms with Crippen molar-refractivity contribution in [1.82, 2.24) is 4.98 Å².